The fourth-order valence-electron chi connectivity index (χ4n) is 3.79. The monoisotopic (exact) mass is 430 g/mol. The van der Waals surface area contributed by atoms with Gasteiger partial charge in [-0.2, -0.15) is 8.42 Å². The van der Waals surface area contributed by atoms with Gasteiger partial charge in [-0.1, -0.05) is 12.1 Å². The van der Waals surface area contributed by atoms with Gasteiger partial charge in [-0.3, -0.25) is 0 Å². The molecule has 0 aliphatic carbocycles. The molecule has 3 fully saturated rings. The molecule has 162 valence electrons. The smallest absolute Gasteiger partial charge is 0.362 e. The molecule has 4 rings (SSSR count). The predicted octanol–water partition coefficient (Wildman–Crippen LogP) is 2.03. The third kappa shape index (κ3) is 4.58. The van der Waals surface area contributed by atoms with Gasteiger partial charge in [-0.05, 0) is 52.3 Å². The lowest BCUT2D eigenvalue weighted by Crippen LogP contribution is -2.56. The van der Waals surface area contributed by atoms with Crippen molar-refractivity contribution in [2.75, 3.05) is 6.61 Å². The minimum Gasteiger partial charge on any atom is -0.362 e. The highest BCUT2D eigenvalue weighted by Gasteiger charge is 2.60. The Hall–Kier alpha value is -1.27. The summed E-state index contributed by atoms with van der Waals surface area (Å²) in [5, 5.41) is 0. The first-order valence-electron chi connectivity index (χ1n) is 9.45. The van der Waals surface area contributed by atoms with Crippen LogP contribution in [0.4, 0.5) is 0 Å². The third-order valence-corrected chi connectivity index (χ3v) is 5.64. The fourth-order valence-corrected chi connectivity index (χ4v) is 4.48. The van der Waals surface area contributed by atoms with E-state index in [1.807, 2.05) is 13.0 Å². The quantitative estimate of drug-likeness (QED) is 0.695. The fraction of sp³-hybridized carbons (Fsp3) is 0.684. The summed E-state index contributed by atoms with van der Waals surface area (Å²) in [4.78, 5) is 0. The minimum absolute atomic E-state index is 0.170. The van der Waals surface area contributed by atoms with Gasteiger partial charge in [0.1, 0.15) is 30.2 Å². The zero-order valence-corrected chi connectivity index (χ0v) is 17.8. The highest BCUT2D eigenvalue weighted by molar-refractivity contribution is 7.82. The molecule has 3 saturated heterocycles. The van der Waals surface area contributed by atoms with Gasteiger partial charge < -0.3 is 27.9 Å². The van der Waals surface area contributed by atoms with Gasteiger partial charge in [0.05, 0.1) is 6.61 Å². The molecular formula is C19H26O9S. The van der Waals surface area contributed by atoms with Crippen molar-refractivity contribution in [1.82, 2.24) is 0 Å². The Kier molecular flexibility index (Phi) is 5.18. The molecule has 0 aromatic heterocycles. The van der Waals surface area contributed by atoms with Crippen LogP contribution in [0.2, 0.25) is 0 Å². The maximum atomic E-state index is 12.3. The van der Waals surface area contributed by atoms with Gasteiger partial charge in [0.25, 0.3) is 0 Å². The van der Waals surface area contributed by atoms with Gasteiger partial charge >= 0.3 is 10.4 Å². The second-order valence-corrected chi connectivity index (χ2v) is 9.52. The highest BCUT2D eigenvalue weighted by atomic mass is 32.3. The SMILES string of the molecule is Cc1cccc(OS(=O)(=O)OCC2O[C@@H]3OC(C)(C)OC3[C@H]3OC(C)(C)O[C@@H]23)c1. The van der Waals surface area contributed by atoms with Crippen molar-refractivity contribution >= 4 is 10.4 Å². The molecule has 0 amide bonds. The Labute approximate surface area is 170 Å². The van der Waals surface area contributed by atoms with Gasteiger partial charge in [-0.15, -0.1) is 0 Å². The van der Waals surface area contributed by atoms with E-state index >= 15 is 0 Å². The number of fused-ring (bicyclic) bond motifs is 3. The summed E-state index contributed by atoms with van der Waals surface area (Å²) in [6, 6.07) is 6.66. The summed E-state index contributed by atoms with van der Waals surface area (Å²) >= 11 is 0. The van der Waals surface area contributed by atoms with Gasteiger partial charge in [0.2, 0.25) is 0 Å². The van der Waals surface area contributed by atoms with Crippen molar-refractivity contribution in [1.29, 1.82) is 0 Å². The average Bonchev–Trinajstić information content (AvgIpc) is 3.06. The Morgan fingerprint density at radius 1 is 0.966 bits per heavy atom. The summed E-state index contributed by atoms with van der Waals surface area (Å²) < 4.78 is 64.2. The van der Waals surface area contributed by atoms with E-state index in [-0.39, 0.29) is 12.4 Å². The number of aryl methyl sites for hydroxylation is 1. The minimum atomic E-state index is -4.30. The van der Waals surface area contributed by atoms with E-state index in [4.69, 9.17) is 32.1 Å². The lowest BCUT2D eigenvalue weighted by molar-refractivity contribution is -0.238. The van der Waals surface area contributed by atoms with Crippen molar-refractivity contribution in [3.63, 3.8) is 0 Å². The predicted molar refractivity (Wildman–Crippen MR) is 99.2 cm³/mol. The molecule has 0 N–H and O–H groups in total. The summed E-state index contributed by atoms with van der Waals surface area (Å²) in [6.07, 6.45) is -3.04. The van der Waals surface area contributed by atoms with Crippen LogP contribution < -0.4 is 4.18 Å². The standard InChI is InChI=1S/C19H26O9S/c1-11-7-6-8-12(9-11)28-29(20,21)22-10-13-14-15(25-18(2,3)24-14)16-17(23-13)27-19(4,5)26-16/h6-9,13-17H,10H2,1-5H3/t13?,14-,15-,16?,17+/m0/s1. The van der Waals surface area contributed by atoms with Gasteiger partial charge in [-0.25, -0.2) is 4.18 Å². The van der Waals surface area contributed by atoms with E-state index in [2.05, 4.69) is 0 Å². The Balaban J connectivity index is 1.46. The summed E-state index contributed by atoms with van der Waals surface area (Å²) in [5.41, 5.74) is 0.863. The zero-order chi connectivity index (χ0) is 21.0. The average molecular weight is 430 g/mol. The van der Waals surface area contributed by atoms with Crippen molar-refractivity contribution < 1.29 is 40.5 Å². The van der Waals surface area contributed by atoms with Crippen LogP contribution in [0.25, 0.3) is 0 Å². The van der Waals surface area contributed by atoms with E-state index in [1.54, 1.807) is 39.8 Å². The van der Waals surface area contributed by atoms with Crippen LogP contribution >= 0.6 is 0 Å². The van der Waals surface area contributed by atoms with Crippen LogP contribution in [0.5, 0.6) is 5.75 Å². The van der Waals surface area contributed by atoms with Crippen molar-refractivity contribution in [2.45, 2.75) is 76.9 Å². The molecule has 0 spiro atoms. The third-order valence-electron chi connectivity index (χ3n) is 4.82. The lowest BCUT2D eigenvalue weighted by atomic mass is 9.99. The first-order valence-corrected chi connectivity index (χ1v) is 10.8. The molecule has 10 heteroatoms. The second kappa shape index (κ2) is 7.16. The van der Waals surface area contributed by atoms with E-state index in [0.717, 1.165) is 5.56 Å². The maximum Gasteiger partial charge on any atom is 0.449 e. The Morgan fingerprint density at radius 3 is 2.34 bits per heavy atom. The molecule has 1 aromatic carbocycles. The zero-order valence-electron chi connectivity index (χ0n) is 17.0. The normalized spacial score (nSPS) is 35.1. The van der Waals surface area contributed by atoms with Crippen LogP contribution in [-0.2, 0) is 38.3 Å². The molecule has 0 saturated carbocycles. The van der Waals surface area contributed by atoms with Crippen LogP contribution in [0.1, 0.15) is 33.3 Å². The largest absolute Gasteiger partial charge is 0.449 e. The van der Waals surface area contributed by atoms with Crippen LogP contribution in [0, 0.1) is 6.92 Å². The van der Waals surface area contributed by atoms with Crippen LogP contribution in [0.15, 0.2) is 24.3 Å². The molecule has 9 nitrogen and oxygen atoms in total. The number of benzene rings is 1. The molecule has 29 heavy (non-hydrogen) atoms. The summed E-state index contributed by atoms with van der Waals surface area (Å²) in [7, 11) is -4.30. The summed E-state index contributed by atoms with van der Waals surface area (Å²) in [5.74, 6) is -1.56. The number of rotatable bonds is 5. The maximum absolute atomic E-state index is 12.3. The number of hydrogen-bond donors (Lipinski definition) is 0. The first-order chi connectivity index (χ1) is 13.4. The number of ether oxygens (including phenoxy) is 5. The number of hydrogen-bond acceptors (Lipinski definition) is 9. The molecule has 0 radical (unpaired) electrons. The molecule has 3 aliphatic rings. The van der Waals surface area contributed by atoms with E-state index in [1.165, 1.54) is 6.07 Å². The molecule has 1 aromatic rings. The van der Waals surface area contributed by atoms with E-state index in [0.29, 0.717) is 0 Å². The van der Waals surface area contributed by atoms with Crippen molar-refractivity contribution in [3.05, 3.63) is 29.8 Å². The molecule has 3 heterocycles. The molecule has 2 unspecified atom stereocenters. The van der Waals surface area contributed by atoms with Gasteiger partial charge in [0.15, 0.2) is 17.9 Å². The Morgan fingerprint density at radius 2 is 1.62 bits per heavy atom. The first kappa shape index (κ1) is 21.0. The highest BCUT2D eigenvalue weighted by Crippen LogP contribution is 2.44. The second-order valence-electron chi connectivity index (χ2n) is 8.30. The van der Waals surface area contributed by atoms with E-state index < -0.39 is 52.7 Å². The van der Waals surface area contributed by atoms with Crippen molar-refractivity contribution in [2.24, 2.45) is 0 Å². The molecule has 5 atom stereocenters. The topological polar surface area (TPSA) is 98.8 Å². The van der Waals surface area contributed by atoms with Crippen LogP contribution in [-0.4, -0.2) is 57.3 Å². The Bertz CT molecular complexity index is 866. The summed E-state index contributed by atoms with van der Waals surface area (Å²) in [6.45, 7) is 8.61. The van der Waals surface area contributed by atoms with Crippen molar-refractivity contribution in [3.8, 4) is 5.75 Å². The molecular weight excluding hydrogens is 404 g/mol. The van der Waals surface area contributed by atoms with E-state index in [9.17, 15) is 8.42 Å². The van der Waals surface area contributed by atoms with Gasteiger partial charge in [0, 0.05) is 0 Å². The lowest BCUT2D eigenvalue weighted by Gasteiger charge is -2.36. The van der Waals surface area contributed by atoms with Crippen LogP contribution in [0.3, 0.4) is 0 Å². The molecule has 0 bridgehead atoms. The molecule has 3 aliphatic heterocycles.